The number of hydrogen-bond donors (Lipinski definition) is 1. The van der Waals surface area contributed by atoms with Gasteiger partial charge in [-0.25, -0.2) is 0 Å². The lowest BCUT2D eigenvalue weighted by atomic mass is 10.0. The van der Waals surface area contributed by atoms with Gasteiger partial charge in [-0.2, -0.15) is 5.26 Å². The van der Waals surface area contributed by atoms with Crippen molar-refractivity contribution in [3.8, 4) is 11.8 Å². The Bertz CT molecular complexity index is 1010. The van der Waals surface area contributed by atoms with Gasteiger partial charge in [-0.1, -0.05) is 36.0 Å². The molecule has 6 nitrogen and oxygen atoms in total. The normalized spacial score (nSPS) is 17.7. The maximum Gasteiger partial charge on any atom is 0.264 e. The van der Waals surface area contributed by atoms with Crippen molar-refractivity contribution in [2.45, 2.75) is 18.6 Å². The molecule has 2 aromatic rings. The molecule has 1 N–H and O–H groups in total. The predicted molar refractivity (Wildman–Crippen MR) is 113 cm³/mol. The number of aryl methyl sites for hydroxylation is 1. The second-order valence-electron chi connectivity index (χ2n) is 6.48. The monoisotopic (exact) mass is 407 g/mol. The van der Waals surface area contributed by atoms with Gasteiger partial charge in [-0.05, 0) is 48.7 Å². The summed E-state index contributed by atoms with van der Waals surface area (Å²) in [6.45, 7) is 2.00. The number of hydrogen-bond acceptors (Lipinski definition) is 5. The molecule has 0 saturated carbocycles. The second kappa shape index (κ2) is 8.84. The molecule has 1 atom stereocenters. The number of likely N-dealkylation sites (N-methyl/N-ethyl adjacent to an activating group) is 1. The van der Waals surface area contributed by atoms with E-state index in [1.165, 1.54) is 23.7 Å². The molecule has 2 amide bonds. The minimum atomic E-state index is -0.516. The summed E-state index contributed by atoms with van der Waals surface area (Å²) in [6.07, 6.45) is 0.513. The van der Waals surface area contributed by atoms with E-state index in [1.807, 2.05) is 37.3 Å². The van der Waals surface area contributed by atoms with Crippen LogP contribution < -0.4 is 15.0 Å². The molecule has 0 aliphatic carbocycles. The molecule has 1 saturated heterocycles. The van der Waals surface area contributed by atoms with Crippen LogP contribution in [0.25, 0.3) is 0 Å². The average Bonchev–Trinajstić information content (AvgIpc) is 3.06. The molecule has 1 aliphatic rings. The zero-order chi connectivity index (χ0) is 21.0. The molecule has 7 heteroatoms. The number of anilines is 1. The fourth-order valence-corrected chi connectivity index (χ4v) is 4.41. The van der Waals surface area contributed by atoms with Gasteiger partial charge in [0.15, 0.2) is 0 Å². The van der Waals surface area contributed by atoms with Crippen molar-refractivity contribution >= 4 is 29.3 Å². The highest BCUT2D eigenvalue weighted by Gasteiger charge is 2.40. The fourth-order valence-electron chi connectivity index (χ4n) is 3.12. The summed E-state index contributed by atoms with van der Waals surface area (Å²) in [5, 5.41) is 12.0. The molecule has 1 unspecified atom stereocenters. The van der Waals surface area contributed by atoms with Crippen LogP contribution in [0.3, 0.4) is 0 Å². The molecule has 2 aromatic carbocycles. The topological polar surface area (TPSA) is 82.4 Å². The van der Waals surface area contributed by atoms with Crippen molar-refractivity contribution in [2.75, 3.05) is 19.1 Å². The number of amides is 2. The number of nitrogens with one attached hydrogen (secondary N) is 1. The van der Waals surface area contributed by atoms with Crippen LogP contribution in [-0.2, 0) is 16.0 Å². The first-order valence-electron chi connectivity index (χ1n) is 9.05. The molecule has 148 valence electrons. The Morgan fingerprint density at radius 1 is 1.24 bits per heavy atom. The maximum absolute atomic E-state index is 13.3. The van der Waals surface area contributed by atoms with Gasteiger partial charge in [0, 0.05) is 12.7 Å². The first-order valence-corrected chi connectivity index (χ1v) is 9.93. The van der Waals surface area contributed by atoms with E-state index in [1.54, 1.807) is 31.4 Å². The number of methoxy groups -OCH3 is 1. The van der Waals surface area contributed by atoms with E-state index in [0.29, 0.717) is 22.9 Å². The van der Waals surface area contributed by atoms with E-state index in [9.17, 15) is 14.9 Å². The third kappa shape index (κ3) is 4.13. The minimum absolute atomic E-state index is 0.0750. The molecular weight excluding hydrogens is 386 g/mol. The van der Waals surface area contributed by atoms with Crippen molar-refractivity contribution in [2.24, 2.45) is 0 Å². The van der Waals surface area contributed by atoms with Crippen LogP contribution in [0, 0.1) is 18.3 Å². The smallest absolute Gasteiger partial charge is 0.264 e. The zero-order valence-corrected chi connectivity index (χ0v) is 17.2. The molecule has 0 aromatic heterocycles. The SMILES string of the molecule is CNC(=O)/C(C#N)=C1\SC(Cc2ccccc2C)C(=O)N1c1ccc(OC)cc1. The lowest BCUT2D eigenvalue weighted by molar-refractivity contribution is -0.117. The highest BCUT2D eigenvalue weighted by molar-refractivity contribution is 8.05. The van der Waals surface area contributed by atoms with Gasteiger partial charge >= 0.3 is 0 Å². The fraction of sp³-hybridized carbons (Fsp3) is 0.227. The molecule has 1 fully saturated rings. The van der Waals surface area contributed by atoms with Gasteiger partial charge in [0.05, 0.1) is 12.4 Å². The molecule has 0 radical (unpaired) electrons. The third-order valence-electron chi connectivity index (χ3n) is 4.73. The Hall–Kier alpha value is -3.24. The standard InChI is InChI=1S/C22H21N3O3S/c1-14-6-4-5-7-15(14)12-19-21(27)25(16-8-10-17(28-3)11-9-16)22(29-19)18(13-23)20(26)24-2/h4-11,19H,12H2,1-3H3,(H,24,26)/b22-18-. The number of nitriles is 1. The Morgan fingerprint density at radius 2 is 1.93 bits per heavy atom. The Balaban J connectivity index is 2.05. The lowest BCUT2D eigenvalue weighted by Crippen LogP contribution is -2.31. The molecule has 1 aliphatic heterocycles. The van der Waals surface area contributed by atoms with E-state index in [-0.39, 0.29) is 11.5 Å². The average molecular weight is 407 g/mol. The highest BCUT2D eigenvalue weighted by Crippen LogP contribution is 2.42. The van der Waals surface area contributed by atoms with Crippen LogP contribution in [0.4, 0.5) is 5.69 Å². The zero-order valence-electron chi connectivity index (χ0n) is 16.4. The molecule has 3 rings (SSSR count). The largest absolute Gasteiger partial charge is 0.497 e. The van der Waals surface area contributed by atoms with Gasteiger partial charge in [0.1, 0.15) is 22.4 Å². The summed E-state index contributed by atoms with van der Waals surface area (Å²) in [7, 11) is 3.03. The summed E-state index contributed by atoms with van der Waals surface area (Å²) in [5.41, 5.74) is 2.67. The van der Waals surface area contributed by atoms with Gasteiger partial charge in [-0.3, -0.25) is 14.5 Å². The van der Waals surface area contributed by atoms with Crippen molar-refractivity contribution in [3.05, 3.63) is 70.3 Å². The van der Waals surface area contributed by atoms with E-state index in [4.69, 9.17) is 4.74 Å². The molecule has 0 spiro atoms. The van der Waals surface area contributed by atoms with Crippen LogP contribution in [0.2, 0.25) is 0 Å². The highest BCUT2D eigenvalue weighted by atomic mass is 32.2. The van der Waals surface area contributed by atoms with Gasteiger partial charge in [-0.15, -0.1) is 0 Å². The number of carbonyl (C=O) groups is 2. The number of benzene rings is 2. The summed E-state index contributed by atoms with van der Waals surface area (Å²) in [4.78, 5) is 27.0. The van der Waals surface area contributed by atoms with Gasteiger partial charge in [0.25, 0.3) is 5.91 Å². The quantitative estimate of drug-likeness (QED) is 0.608. The maximum atomic E-state index is 13.3. The molecule has 0 bridgehead atoms. The number of carbonyl (C=O) groups excluding carboxylic acids is 2. The van der Waals surface area contributed by atoms with Crippen molar-refractivity contribution < 1.29 is 14.3 Å². The van der Waals surface area contributed by atoms with Crippen LogP contribution >= 0.6 is 11.8 Å². The van der Waals surface area contributed by atoms with Crippen LogP contribution in [0.15, 0.2) is 59.1 Å². The first kappa shape index (κ1) is 20.5. The molecular formula is C22H21N3O3S. The minimum Gasteiger partial charge on any atom is -0.497 e. The van der Waals surface area contributed by atoms with Crippen molar-refractivity contribution in [3.63, 3.8) is 0 Å². The van der Waals surface area contributed by atoms with Crippen LogP contribution in [0.5, 0.6) is 5.75 Å². The van der Waals surface area contributed by atoms with Gasteiger partial charge in [0.2, 0.25) is 5.91 Å². The number of ether oxygens (including phenoxy) is 1. The van der Waals surface area contributed by atoms with Crippen LogP contribution in [-0.4, -0.2) is 31.2 Å². The summed E-state index contributed by atoms with van der Waals surface area (Å²) in [6, 6.07) is 16.8. The van der Waals surface area contributed by atoms with Gasteiger partial charge < -0.3 is 10.1 Å². The van der Waals surface area contributed by atoms with Crippen LogP contribution in [0.1, 0.15) is 11.1 Å². The first-order chi connectivity index (χ1) is 14.0. The van der Waals surface area contributed by atoms with Crippen molar-refractivity contribution in [1.82, 2.24) is 5.32 Å². The number of nitrogens with zero attached hydrogens (tertiary/aromatic N) is 2. The Labute approximate surface area is 174 Å². The number of rotatable bonds is 5. The lowest BCUT2D eigenvalue weighted by Gasteiger charge is -2.19. The predicted octanol–water partition coefficient (Wildman–Crippen LogP) is 3.18. The number of thioether (sulfide) groups is 1. The molecule has 1 heterocycles. The van der Waals surface area contributed by atoms with E-state index < -0.39 is 11.2 Å². The molecule has 29 heavy (non-hydrogen) atoms. The van der Waals surface area contributed by atoms with E-state index in [2.05, 4.69) is 5.32 Å². The van der Waals surface area contributed by atoms with Crippen molar-refractivity contribution in [1.29, 1.82) is 5.26 Å². The summed E-state index contributed by atoms with van der Waals surface area (Å²) in [5.74, 6) is -0.0187. The Kier molecular flexibility index (Phi) is 6.25. The van der Waals surface area contributed by atoms with E-state index in [0.717, 1.165) is 11.1 Å². The second-order valence-corrected chi connectivity index (χ2v) is 7.67. The van der Waals surface area contributed by atoms with E-state index >= 15 is 0 Å². The third-order valence-corrected chi connectivity index (χ3v) is 5.99. The summed E-state index contributed by atoms with van der Waals surface area (Å²) >= 11 is 1.25. The summed E-state index contributed by atoms with van der Waals surface area (Å²) < 4.78 is 5.19. The Morgan fingerprint density at radius 3 is 2.52 bits per heavy atom.